The molecule has 1 amide bonds. The van der Waals surface area contributed by atoms with Crippen LogP contribution in [0.15, 0.2) is 22.7 Å². The van der Waals surface area contributed by atoms with Gasteiger partial charge in [0.1, 0.15) is 0 Å². The largest absolute Gasteiger partial charge is 0.393 e. The number of benzene rings is 1. The first-order valence-corrected chi connectivity index (χ1v) is 7.10. The van der Waals surface area contributed by atoms with Gasteiger partial charge in [-0.05, 0) is 37.5 Å². The Morgan fingerprint density at radius 1 is 1.44 bits per heavy atom. The molecule has 0 radical (unpaired) electrons. The van der Waals surface area contributed by atoms with Crippen molar-refractivity contribution in [3.63, 3.8) is 0 Å². The molecule has 0 saturated carbocycles. The van der Waals surface area contributed by atoms with Crippen LogP contribution in [0, 0.1) is 0 Å². The molecule has 3 N–H and O–H groups in total. The lowest BCUT2D eigenvalue weighted by atomic mass is 10.2. The molecule has 0 bridgehead atoms. The van der Waals surface area contributed by atoms with E-state index >= 15 is 0 Å². The minimum absolute atomic E-state index is 0.164. The van der Waals surface area contributed by atoms with Crippen molar-refractivity contribution in [3.05, 3.63) is 33.3 Å². The predicted octanol–water partition coefficient (Wildman–Crippen LogP) is 3.29. The molecular weight excluding hydrogens is 336 g/mol. The van der Waals surface area contributed by atoms with Crippen LogP contribution in [0.25, 0.3) is 0 Å². The van der Waals surface area contributed by atoms with Gasteiger partial charge in [0, 0.05) is 11.0 Å². The average Bonchev–Trinajstić information content (AvgIpc) is 2.27. The Kier molecular flexibility index (Phi) is 6.60. The first-order valence-electron chi connectivity index (χ1n) is 5.52. The van der Waals surface area contributed by atoms with Gasteiger partial charge < -0.3 is 11.1 Å². The van der Waals surface area contributed by atoms with Gasteiger partial charge in [0.25, 0.3) is 5.91 Å². The number of hydrogen-bond acceptors (Lipinski definition) is 2. The van der Waals surface area contributed by atoms with Gasteiger partial charge in [-0.2, -0.15) is 0 Å². The highest BCUT2D eigenvalue weighted by Crippen LogP contribution is 2.21. The maximum absolute atomic E-state index is 11.8. The normalized spacial score (nSPS) is 10.1. The third kappa shape index (κ3) is 5.33. The van der Waals surface area contributed by atoms with Crippen LogP contribution < -0.4 is 11.1 Å². The lowest BCUT2D eigenvalue weighted by Crippen LogP contribution is -2.24. The van der Waals surface area contributed by atoms with Crippen molar-refractivity contribution >= 4 is 50.6 Å². The smallest absolute Gasteiger partial charge is 0.252 e. The molecule has 0 atom stereocenters. The van der Waals surface area contributed by atoms with Crippen LogP contribution in [-0.2, 0) is 0 Å². The van der Waals surface area contributed by atoms with Crippen LogP contribution in [0.2, 0.25) is 5.02 Å². The Balaban J connectivity index is 2.39. The summed E-state index contributed by atoms with van der Waals surface area (Å²) in [5.74, 6) is -0.164. The number of rotatable bonds is 6. The highest BCUT2D eigenvalue weighted by Gasteiger charge is 2.09. The second kappa shape index (κ2) is 7.71. The molecule has 0 aromatic heterocycles. The van der Waals surface area contributed by atoms with Gasteiger partial charge in [0.05, 0.1) is 15.6 Å². The van der Waals surface area contributed by atoms with Crippen molar-refractivity contribution < 1.29 is 4.79 Å². The lowest BCUT2D eigenvalue weighted by molar-refractivity contribution is 0.0953. The first-order chi connectivity index (χ1) is 8.50. The number of hydrogen-bond donors (Lipinski definition) is 2. The maximum Gasteiger partial charge on any atom is 0.252 e. The van der Waals surface area contributed by atoms with Gasteiger partial charge >= 0.3 is 0 Å². The van der Waals surface area contributed by atoms with Gasteiger partial charge in [0.2, 0.25) is 0 Å². The summed E-state index contributed by atoms with van der Waals surface area (Å²) in [5.41, 5.74) is 5.86. The van der Waals surface area contributed by atoms with Gasteiger partial charge in [0.15, 0.2) is 0 Å². The molecule has 0 fully saturated rings. The van der Waals surface area contributed by atoms with Gasteiger partial charge in [-0.25, -0.2) is 0 Å². The Labute approximate surface area is 125 Å². The molecule has 1 aromatic carbocycles. The van der Waals surface area contributed by atoms with E-state index in [4.69, 9.17) is 29.6 Å². The van der Waals surface area contributed by atoms with Crippen LogP contribution in [0.3, 0.4) is 0 Å². The molecule has 0 aliphatic rings. The zero-order valence-corrected chi connectivity index (χ0v) is 12.9. The number of nitrogens with one attached hydrogen (secondary N) is 1. The monoisotopic (exact) mass is 348 g/mol. The quantitative estimate of drug-likeness (QED) is 0.612. The van der Waals surface area contributed by atoms with Crippen LogP contribution in [-0.4, -0.2) is 17.4 Å². The van der Waals surface area contributed by atoms with Gasteiger partial charge in [-0.3, -0.25) is 4.79 Å². The molecule has 3 nitrogen and oxygen atoms in total. The van der Waals surface area contributed by atoms with Crippen LogP contribution >= 0.6 is 39.7 Å². The summed E-state index contributed by atoms with van der Waals surface area (Å²) in [6.45, 7) is 0.591. The summed E-state index contributed by atoms with van der Waals surface area (Å²) in [5, 5.41) is 3.25. The molecule has 0 aliphatic carbocycles. The van der Waals surface area contributed by atoms with Crippen molar-refractivity contribution in [2.75, 3.05) is 6.54 Å². The second-order valence-electron chi connectivity index (χ2n) is 3.80. The van der Waals surface area contributed by atoms with E-state index in [1.165, 1.54) is 0 Å². The van der Waals surface area contributed by atoms with E-state index < -0.39 is 0 Å². The molecule has 6 heteroatoms. The van der Waals surface area contributed by atoms with Crippen LogP contribution in [0.4, 0.5) is 0 Å². The summed E-state index contributed by atoms with van der Waals surface area (Å²) < 4.78 is 0.848. The maximum atomic E-state index is 11.8. The number of thiocarbonyl (C=S) groups is 1. The summed E-state index contributed by atoms with van der Waals surface area (Å²) in [4.78, 5) is 12.3. The topological polar surface area (TPSA) is 55.1 Å². The molecule has 1 rings (SSSR count). The first kappa shape index (κ1) is 15.4. The Morgan fingerprint density at radius 3 is 2.78 bits per heavy atom. The van der Waals surface area contributed by atoms with E-state index in [0.29, 0.717) is 28.5 Å². The summed E-state index contributed by atoms with van der Waals surface area (Å²) in [6, 6.07) is 5.17. The second-order valence-corrected chi connectivity index (χ2v) is 5.65. The van der Waals surface area contributed by atoms with Crippen molar-refractivity contribution in [3.8, 4) is 0 Å². The number of unbranched alkanes of at least 4 members (excludes halogenated alkanes) is 1. The molecule has 0 spiro atoms. The SMILES string of the molecule is NC(=S)CCCCNC(=O)c1ccc(Br)cc1Cl. The van der Waals surface area contributed by atoms with E-state index in [0.717, 1.165) is 17.3 Å². The number of nitrogens with two attached hydrogens (primary N) is 1. The number of amides is 1. The van der Waals surface area contributed by atoms with Crippen molar-refractivity contribution in [2.24, 2.45) is 5.73 Å². The Hall–Kier alpha value is -0.650. The molecule has 0 unspecified atom stereocenters. The van der Waals surface area contributed by atoms with Crippen molar-refractivity contribution in [1.82, 2.24) is 5.32 Å². The van der Waals surface area contributed by atoms with Crippen molar-refractivity contribution in [1.29, 1.82) is 0 Å². The molecule has 0 saturated heterocycles. The number of carbonyl (C=O) groups is 1. The van der Waals surface area contributed by atoms with Crippen molar-refractivity contribution in [2.45, 2.75) is 19.3 Å². The van der Waals surface area contributed by atoms with Crippen LogP contribution in [0.1, 0.15) is 29.6 Å². The predicted molar refractivity (Wildman–Crippen MR) is 82.1 cm³/mol. The summed E-state index contributed by atoms with van der Waals surface area (Å²) in [6.07, 6.45) is 2.44. The summed E-state index contributed by atoms with van der Waals surface area (Å²) >= 11 is 14.0. The Bertz CT molecular complexity index is 454. The fraction of sp³-hybridized carbons (Fsp3) is 0.333. The molecule has 0 aliphatic heterocycles. The highest BCUT2D eigenvalue weighted by atomic mass is 79.9. The standard InChI is InChI=1S/C12H14BrClN2OS/c13-8-4-5-9(10(14)7-8)12(17)16-6-2-1-3-11(15)18/h4-5,7H,1-3,6H2,(H2,15,18)(H,16,17). The lowest BCUT2D eigenvalue weighted by Gasteiger charge is -2.06. The fourth-order valence-electron chi connectivity index (χ4n) is 1.39. The minimum atomic E-state index is -0.164. The third-order valence-electron chi connectivity index (χ3n) is 2.31. The highest BCUT2D eigenvalue weighted by molar-refractivity contribution is 9.10. The third-order valence-corrected chi connectivity index (χ3v) is 3.32. The number of halogens is 2. The van der Waals surface area contributed by atoms with Crippen LogP contribution in [0.5, 0.6) is 0 Å². The number of carbonyl (C=O) groups excluding carboxylic acids is 1. The van der Waals surface area contributed by atoms with Gasteiger partial charge in [-0.15, -0.1) is 0 Å². The van der Waals surface area contributed by atoms with E-state index in [2.05, 4.69) is 21.2 Å². The summed E-state index contributed by atoms with van der Waals surface area (Å²) in [7, 11) is 0. The molecular formula is C12H14BrClN2OS. The molecule has 1 aromatic rings. The average molecular weight is 350 g/mol. The van der Waals surface area contributed by atoms with E-state index in [1.54, 1.807) is 18.2 Å². The van der Waals surface area contributed by atoms with E-state index in [-0.39, 0.29) is 5.91 Å². The zero-order chi connectivity index (χ0) is 13.5. The molecule has 98 valence electrons. The molecule has 18 heavy (non-hydrogen) atoms. The fourth-order valence-corrected chi connectivity index (χ4v) is 2.30. The minimum Gasteiger partial charge on any atom is -0.393 e. The zero-order valence-electron chi connectivity index (χ0n) is 9.71. The molecule has 0 heterocycles. The van der Waals surface area contributed by atoms with E-state index in [9.17, 15) is 4.79 Å². The van der Waals surface area contributed by atoms with Gasteiger partial charge in [-0.1, -0.05) is 39.7 Å². The Morgan fingerprint density at radius 2 is 2.17 bits per heavy atom. The van der Waals surface area contributed by atoms with E-state index in [1.807, 2.05) is 0 Å².